The van der Waals surface area contributed by atoms with Gasteiger partial charge in [0.25, 0.3) is 5.91 Å². The van der Waals surface area contributed by atoms with E-state index in [-0.39, 0.29) is 47.7 Å². The van der Waals surface area contributed by atoms with E-state index >= 15 is 4.79 Å². The van der Waals surface area contributed by atoms with Crippen LogP contribution in [0, 0.1) is 16.7 Å². The highest BCUT2D eigenvalue weighted by atomic mass is 33.1. The lowest BCUT2D eigenvalue weighted by Crippen LogP contribution is -2.82. The Morgan fingerprint density at radius 1 is 1.02 bits per heavy atom. The second-order valence-electron chi connectivity index (χ2n) is 18.6. The summed E-state index contributed by atoms with van der Waals surface area (Å²) in [6.45, 7) is 10.7. The summed E-state index contributed by atoms with van der Waals surface area (Å²) in [5, 5.41) is 40.2. The van der Waals surface area contributed by atoms with Gasteiger partial charge in [-0.1, -0.05) is 35.4 Å². The molecule has 1 aliphatic heterocycles. The number of esters is 4. The summed E-state index contributed by atoms with van der Waals surface area (Å²) in [5.41, 5.74) is -8.08. The highest BCUT2D eigenvalue weighted by molar-refractivity contribution is 8.76. The number of aliphatic hydroxyl groups is 3. The molecule has 3 aliphatic carbocycles. The van der Waals surface area contributed by atoms with Crippen LogP contribution in [0.1, 0.15) is 107 Å². The zero-order valence-corrected chi connectivity index (χ0v) is 39.4. The third-order valence-electron chi connectivity index (χ3n) is 13.8. The summed E-state index contributed by atoms with van der Waals surface area (Å²) in [4.78, 5) is 84.8. The molecular weight excluding hydrogens is 903 g/mol. The van der Waals surface area contributed by atoms with Gasteiger partial charge in [0, 0.05) is 36.3 Å². The minimum Gasteiger partial charge on any atom is -0.472 e. The molecular formula is C46H55NO17S2. The number of amides is 1. The first-order valence-electron chi connectivity index (χ1n) is 21.4. The van der Waals surface area contributed by atoms with Crippen molar-refractivity contribution in [3.63, 3.8) is 0 Å². The molecule has 2 saturated carbocycles. The van der Waals surface area contributed by atoms with Crippen molar-refractivity contribution in [2.24, 2.45) is 16.7 Å². The van der Waals surface area contributed by atoms with Crippen molar-refractivity contribution in [2.75, 3.05) is 12.9 Å². The standard InChI is InChI=1S/C46H55NO17S2/c1-23-28(61-41(55)34(51)33(26-11-9-16-58-26)47-39(53)27-12-10-17-59-27)20-46(56)38(63-40(54)25-14-18-57-21-25)36-44(7,29(49)19-30-45(36,22-60-30)64-24(2)48)37(52)35(32(23)43(46,5)6)62-31(50)13-15-42(3,4)66-65-8/h9-12,14,16-18,21,28-30,33-36,38,49,51,56H,13,15,19-20,22H2,1-8H3,(H,47,53)/t28-,29-,30+,33-,34+,35+,36-,38-,44+,45-,46+/m0/s1. The summed E-state index contributed by atoms with van der Waals surface area (Å²) in [6, 6.07) is 5.50. The zero-order chi connectivity index (χ0) is 48.1. The molecule has 66 heavy (non-hydrogen) atoms. The van der Waals surface area contributed by atoms with E-state index in [2.05, 4.69) is 5.32 Å². The van der Waals surface area contributed by atoms with Crippen LogP contribution >= 0.6 is 21.6 Å². The number of rotatable bonds is 15. The van der Waals surface area contributed by atoms with Crippen LogP contribution < -0.4 is 5.32 Å². The maximum atomic E-state index is 15.9. The van der Waals surface area contributed by atoms with Crippen LogP contribution in [0.2, 0.25) is 0 Å². The molecule has 0 unspecified atom stereocenters. The largest absolute Gasteiger partial charge is 0.472 e. The van der Waals surface area contributed by atoms with Crippen LogP contribution in [0.5, 0.6) is 0 Å². The van der Waals surface area contributed by atoms with Crippen molar-refractivity contribution in [3.8, 4) is 0 Å². The first kappa shape index (κ1) is 49.1. The summed E-state index contributed by atoms with van der Waals surface area (Å²) >= 11 is 0. The molecule has 7 rings (SSSR count). The monoisotopic (exact) mass is 957 g/mol. The van der Waals surface area contributed by atoms with Gasteiger partial charge in [-0.25, -0.2) is 9.59 Å². The van der Waals surface area contributed by atoms with Gasteiger partial charge in [-0.3, -0.25) is 19.2 Å². The fourth-order valence-electron chi connectivity index (χ4n) is 10.3. The second kappa shape index (κ2) is 18.3. The van der Waals surface area contributed by atoms with Crippen LogP contribution in [0.4, 0.5) is 0 Å². The molecule has 1 saturated heterocycles. The minimum absolute atomic E-state index is 0.0295. The van der Waals surface area contributed by atoms with Gasteiger partial charge in [-0.15, -0.1) is 0 Å². The zero-order valence-electron chi connectivity index (χ0n) is 37.7. The molecule has 3 fully saturated rings. The van der Waals surface area contributed by atoms with Crippen LogP contribution in [-0.2, 0) is 42.9 Å². The average molecular weight is 958 g/mol. The van der Waals surface area contributed by atoms with Gasteiger partial charge in [0.05, 0.1) is 48.4 Å². The van der Waals surface area contributed by atoms with E-state index in [1.165, 1.54) is 73.8 Å². The fraction of sp³-hybridized carbons (Fsp3) is 0.565. The predicted molar refractivity (Wildman–Crippen MR) is 233 cm³/mol. The minimum atomic E-state index is -2.45. The van der Waals surface area contributed by atoms with E-state index in [4.69, 9.17) is 36.9 Å². The molecule has 0 radical (unpaired) electrons. The normalized spacial score (nSPS) is 31.1. The van der Waals surface area contributed by atoms with Crippen molar-refractivity contribution in [2.45, 2.75) is 133 Å². The van der Waals surface area contributed by atoms with Gasteiger partial charge in [0.2, 0.25) is 0 Å². The summed E-state index contributed by atoms with van der Waals surface area (Å²) in [6.07, 6.45) is -4.03. The number of fused-ring (bicyclic) bond motifs is 5. The molecule has 0 aromatic carbocycles. The number of Topliss-reactive ketones (excluding diaryl/α,β-unsaturated/α-hetero) is 1. The molecule has 20 heteroatoms. The number of ketones is 1. The van der Waals surface area contributed by atoms with Crippen LogP contribution in [0.25, 0.3) is 0 Å². The van der Waals surface area contributed by atoms with Gasteiger partial charge in [0.1, 0.15) is 42.0 Å². The third kappa shape index (κ3) is 8.52. The van der Waals surface area contributed by atoms with E-state index in [1.807, 2.05) is 20.1 Å². The molecule has 358 valence electrons. The highest BCUT2D eigenvalue weighted by Gasteiger charge is 2.78. The van der Waals surface area contributed by atoms with E-state index < -0.39 is 117 Å². The maximum Gasteiger partial charge on any atom is 0.341 e. The van der Waals surface area contributed by atoms with Crippen molar-refractivity contribution < 1.29 is 81.0 Å². The SMILES string of the molecule is CSSC(C)(C)CCC(=O)O[C@H]1C(=O)[C@@]2(C)[C@H]([C@H](OC(=O)c3ccoc3)[C@]3(O)C[C@H](OC(=O)[C@H](O)[C@@H](NC(=O)c4ccco4)c4ccco4)C(C)=C1C3(C)C)[C@]1(OC(C)=O)CO[C@@H]1C[C@@H]2O. The van der Waals surface area contributed by atoms with E-state index in [0.717, 1.165) is 13.2 Å². The lowest BCUT2D eigenvalue weighted by atomic mass is 9.44. The Morgan fingerprint density at radius 3 is 2.32 bits per heavy atom. The Morgan fingerprint density at radius 2 is 1.73 bits per heavy atom. The second-order valence-corrected chi connectivity index (χ2v) is 21.7. The lowest BCUT2D eigenvalue weighted by molar-refractivity contribution is -0.346. The number of ether oxygens (including phenoxy) is 5. The molecule has 11 atom stereocenters. The van der Waals surface area contributed by atoms with Crippen LogP contribution in [-0.4, -0.2) is 116 Å². The predicted octanol–water partition coefficient (Wildman–Crippen LogP) is 5.06. The quantitative estimate of drug-likeness (QED) is 0.0671. The summed E-state index contributed by atoms with van der Waals surface area (Å²) in [7, 11) is 3.07. The maximum absolute atomic E-state index is 15.9. The van der Waals surface area contributed by atoms with Gasteiger partial charge in [0.15, 0.2) is 29.4 Å². The molecule has 4 N–H and O–H groups in total. The average Bonchev–Trinajstić information content (AvgIpc) is 4.08. The van der Waals surface area contributed by atoms with Crippen LogP contribution in [0.15, 0.2) is 79.8 Å². The Balaban J connectivity index is 1.39. The molecule has 2 bridgehead atoms. The first-order valence-corrected chi connectivity index (χ1v) is 24.0. The summed E-state index contributed by atoms with van der Waals surface area (Å²) < 4.78 is 46.1. The van der Waals surface area contributed by atoms with E-state index in [0.29, 0.717) is 6.42 Å². The third-order valence-corrected chi connectivity index (χ3v) is 16.5. The van der Waals surface area contributed by atoms with Crippen molar-refractivity contribution in [3.05, 3.63) is 83.6 Å². The van der Waals surface area contributed by atoms with Crippen LogP contribution in [0.3, 0.4) is 0 Å². The molecule has 4 heterocycles. The Labute approximate surface area is 388 Å². The Bertz CT molecular complexity index is 2340. The Kier molecular flexibility index (Phi) is 13.6. The number of carbonyl (C=O) groups is 6. The fourth-order valence-corrected chi connectivity index (χ4v) is 12.5. The number of furan rings is 3. The highest BCUT2D eigenvalue weighted by Crippen LogP contribution is 2.64. The van der Waals surface area contributed by atoms with Gasteiger partial charge in [-0.05, 0) is 81.8 Å². The molecule has 3 aromatic rings. The molecule has 3 aromatic heterocycles. The smallest absolute Gasteiger partial charge is 0.341 e. The Hall–Kier alpha value is -4.86. The number of aliphatic hydroxyl groups excluding tert-OH is 2. The van der Waals surface area contributed by atoms with Gasteiger partial charge in [-0.2, -0.15) is 0 Å². The molecule has 0 spiro atoms. The van der Waals surface area contributed by atoms with Gasteiger partial charge < -0.3 is 57.6 Å². The van der Waals surface area contributed by atoms with E-state index in [9.17, 15) is 39.3 Å². The number of hydrogen-bond donors (Lipinski definition) is 4. The molecule has 18 nitrogen and oxygen atoms in total. The topological polar surface area (TPSA) is 261 Å². The molecule has 1 amide bonds. The summed E-state index contributed by atoms with van der Waals surface area (Å²) in [5.74, 6) is -7.39. The van der Waals surface area contributed by atoms with Crippen molar-refractivity contribution in [1.82, 2.24) is 5.32 Å². The van der Waals surface area contributed by atoms with Crippen molar-refractivity contribution >= 4 is 57.2 Å². The lowest BCUT2D eigenvalue weighted by Gasteiger charge is -2.67. The first-order chi connectivity index (χ1) is 31.0. The number of carbonyl (C=O) groups excluding carboxylic acids is 6. The van der Waals surface area contributed by atoms with Gasteiger partial charge >= 0.3 is 23.9 Å². The van der Waals surface area contributed by atoms with Crippen molar-refractivity contribution in [1.29, 1.82) is 0 Å². The molecule has 4 aliphatic rings. The number of hydrogen-bond acceptors (Lipinski definition) is 19. The van der Waals surface area contributed by atoms with E-state index in [1.54, 1.807) is 24.6 Å². The number of nitrogens with one attached hydrogen (secondary N) is 1.